The van der Waals surface area contributed by atoms with E-state index in [1.165, 1.54) is 11.1 Å². The fourth-order valence-corrected chi connectivity index (χ4v) is 4.25. The Balaban J connectivity index is 1.82. The minimum atomic E-state index is -1.06. The molecule has 0 bridgehead atoms. The van der Waals surface area contributed by atoms with Gasteiger partial charge in [0.05, 0.1) is 11.7 Å². The largest absolute Gasteiger partial charge is 0.508 e. The Hall–Kier alpha value is -1.78. The summed E-state index contributed by atoms with van der Waals surface area (Å²) in [6, 6.07) is 3.57. The first-order chi connectivity index (χ1) is 14.4. The summed E-state index contributed by atoms with van der Waals surface area (Å²) in [6.45, 7) is 12.1. The Bertz CT molecular complexity index is 802. The van der Waals surface area contributed by atoms with E-state index < -0.39 is 11.7 Å². The van der Waals surface area contributed by atoms with Gasteiger partial charge in [-0.15, -0.1) is 0 Å². The number of aliphatic hydroxyl groups is 2. The highest BCUT2D eigenvalue weighted by Gasteiger charge is 2.32. The number of benzene rings is 1. The summed E-state index contributed by atoms with van der Waals surface area (Å²) in [5, 5.41) is 30.8. The maximum Gasteiger partial charge on any atom is 0.126 e. The molecule has 0 radical (unpaired) electrons. The number of aryl methyl sites for hydroxylation is 2. The number of allylic oxidation sites excluding steroid dienone is 4. The van der Waals surface area contributed by atoms with Gasteiger partial charge in [-0.05, 0) is 116 Å². The third-order valence-electron chi connectivity index (χ3n) is 6.51. The predicted molar refractivity (Wildman–Crippen MR) is 128 cm³/mol. The van der Waals surface area contributed by atoms with Gasteiger partial charge in [-0.2, -0.15) is 0 Å². The van der Waals surface area contributed by atoms with Crippen LogP contribution in [0, 0.1) is 6.92 Å². The molecule has 1 aliphatic rings. The average Bonchev–Trinajstić information content (AvgIpc) is 2.66. The molecule has 1 heterocycles. The van der Waals surface area contributed by atoms with E-state index >= 15 is 0 Å². The third kappa shape index (κ3) is 7.69. The second-order valence-corrected chi connectivity index (χ2v) is 10.1. The third-order valence-corrected chi connectivity index (χ3v) is 6.51. The van der Waals surface area contributed by atoms with Crippen LogP contribution in [-0.2, 0) is 6.42 Å². The number of rotatable bonds is 10. The lowest BCUT2D eigenvalue weighted by Gasteiger charge is -2.36. The summed E-state index contributed by atoms with van der Waals surface area (Å²) >= 11 is 0. The van der Waals surface area contributed by atoms with Crippen LogP contribution in [0.4, 0.5) is 0 Å². The van der Waals surface area contributed by atoms with E-state index in [-0.39, 0.29) is 5.60 Å². The van der Waals surface area contributed by atoms with Crippen molar-refractivity contribution in [2.24, 2.45) is 0 Å². The smallest absolute Gasteiger partial charge is 0.126 e. The molecule has 0 amide bonds. The summed E-state index contributed by atoms with van der Waals surface area (Å²) in [5.41, 5.74) is 3.27. The fourth-order valence-electron chi connectivity index (χ4n) is 4.25. The minimum absolute atomic E-state index is 0.209. The van der Waals surface area contributed by atoms with Crippen LogP contribution < -0.4 is 4.74 Å². The van der Waals surface area contributed by atoms with Crippen molar-refractivity contribution in [3.8, 4) is 11.5 Å². The lowest BCUT2D eigenvalue weighted by molar-refractivity contribution is -0.0691. The van der Waals surface area contributed by atoms with Crippen molar-refractivity contribution in [1.82, 2.24) is 0 Å². The first kappa shape index (κ1) is 25.5. The molecule has 2 rings (SSSR count). The van der Waals surface area contributed by atoms with Gasteiger partial charge in [0, 0.05) is 0 Å². The maximum absolute atomic E-state index is 10.6. The summed E-state index contributed by atoms with van der Waals surface area (Å²) in [5.74, 6) is 1.23. The molecule has 1 aromatic carbocycles. The molecule has 3 atom stereocenters. The molecule has 3 unspecified atom stereocenters. The Morgan fingerprint density at radius 1 is 1.23 bits per heavy atom. The molecule has 0 aromatic heterocycles. The SMILES string of the molecule is CC(C)=CCCC(C)(O)C(O)CCC(C)=CCCC1(C)CCc2cc(O)cc(C)c2O1. The Morgan fingerprint density at radius 2 is 1.94 bits per heavy atom. The van der Waals surface area contributed by atoms with Gasteiger partial charge in [-0.1, -0.05) is 23.3 Å². The van der Waals surface area contributed by atoms with E-state index in [1.54, 1.807) is 13.0 Å². The van der Waals surface area contributed by atoms with E-state index in [2.05, 4.69) is 26.0 Å². The van der Waals surface area contributed by atoms with Crippen LogP contribution in [0.15, 0.2) is 35.4 Å². The molecule has 0 saturated carbocycles. The zero-order chi connectivity index (χ0) is 23.2. The van der Waals surface area contributed by atoms with E-state index in [4.69, 9.17) is 4.74 Å². The monoisotopic (exact) mass is 430 g/mol. The van der Waals surface area contributed by atoms with Crippen molar-refractivity contribution in [2.75, 3.05) is 0 Å². The molecular formula is C27H42O4. The van der Waals surface area contributed by atoms with Gasteiger partial charge in [0.15, 0.2) is 0 Å². The quantitative estimate of drug-likeness (QED) is 0.389. The van der Waals surface area contributed by atoms with Crippen molar-refractivity contribution < 1.29 is 20.1 Å². The average molecular weight is 431 g/mol. The van der Waals surface area contributed by atoms with Gasteiger partial charge in [0.1, 0.15) is 17.1 Å². The van der Waals surface area contributed by atoms with Crippen molar-refractivity contribution in [3.63, 3.8) is 0 Å². The van der Waals surface area contributed by atoms with Gasteiger partial charge < -0.3 is 20.1 Å². The van der Waals surface area contributed by atoms with Gasteiger partial charge in [0.2, 0.25) is 0 Å². The lowest BCUT2D eigenvalue weighted by atomic mass is 9.87. The Kier molecular flexibility index (Phi) is 8.79. The van der Waals surface area contributed by atoms with E-state index in [9.17, 15) is 15.3 Å². The molecule has 0 fully saturated rings. The molecule has 0 aliphatic carbocycles. The maximum atomic E-state index is 10.6. The second-order valence-electron chi connectivity index (χ2n) is 10.1. The number of ether oxygens (including phenoxy) is 1. The number of phenols is 1. The number of hydrogen-bond acceptors (Lipinski definition) is 4. The molecular weight excluding hydrogens is 388 g/mol. The molecule has 4 nitrogen and oxygen atoms in total. The van der Waals surface area contributed by atoms with Crippen molar-refractivity contribution >= 4 is 0 Å². The fraction of sp³-hybridized carbons (Fsp3) is 0.630. The Labute approximate surface area is 188 Å². The minimum Gasteiger partial charge on any atom is -0.508 e. The van der Waals surface area contributed by atoms with Crippen LogP contribution in [-0.4, -0.2) is 32.6 Å². The van der Waals surface area contributed by atoms with Crippen LogP contribution >= 0.6 is 0 Å². The van der Waals surface area contributed by atoms with Gasteiger partial charge in [-0.3, -0.25) is 0 Å². The summed E-state index contributed by atoms with van der Waals surface area (Å²) in [4.78, 5) is 0. The van der Waals surface area contributed by atoms with Crippen LogP contribution in [0.3, 0.4) is 0 Å². The topological polar surface area (TPSA) is 69.9 Å². The zero-order valence-corrected chi connectivity index (χ0v) is 20.3. The number of fused-ring (bicyclic) bond motifs is 1. The highest BCUT2D eigenvalue weighted by molar-refractivity contribution is 5.47. The van der Waals surface area contributed by atoms with Crippen LogP contribution in [0.2, 0.25) is 0 Å². The standard InChI is InChI=1S/C27H42O4/c1-19(2)9-7-15-27(6,30)24(29)12-11-20(3)10-8-14-26(5)16-13-22-18-23(28)17-21(4)25(22)31-26/h9-10,17-18,24,28-30H,7-8,11-16H2,1-6H3. The number of aliphatic hydroxyl groups excluding tert-OH is 1. The van der Waals surface area contributed by atoms with Crippen molar-refractivity contribution in [1.29, 1.82) is 0 Å². The van der Waals surface area contributed by atoms with Crippen LogP contribution in [0.25, 0.3) is 0 Å². The molecule has 31 heavy (non-hydrogen) atoms. The molecule has 1 aromatic rings. The highest BCUT2D eigenvalue weighted by Crippen LogP contribution is 2.39. The van der Waals surface area contributed by atoms with Crippen molar-refractivity contribution in [2.45, 2.75) is 110 Å². The molecule has 174 valence electrons. The van der Waals surface area contributed by atoms with Gasteiger partial charge in [0.25, 0.3) is 0 Å². The molecule has 0 spiro atoms. The second kappa shape index (κ2) is 10.7. The van der Waals surface area contributed by atoms with E-state index in [0.717, 1.165) is 55.4 Å². The van der Waals surface area contributed by atoms with Crippen LogP contribution in [0.5, 0.6) is 11.5 Å². The zero-order valence-electron chi connectivity index (χ0n) is 20.3. The first-order valence-corrected chi connectivity index (χ1v) is 11.6. The normalized spacial score (nSPS) is 21.6. The Morgan fingerprint density at radius 3 is 2.61 bits per heavy atom. The predicted octanol–water partition coefficient (Wildman–Crippen LogP) is 6.15. The van der Waals surface area contributed by atoms with Gasteiger partial charge in [-0.25, -0.2) is 0 Å². The lowest BCUT2D eigenvalue weighted by Crippen LogP contribution is -2.39. The highest BCUT2D eigenvalue weighted by atomic mass is 16.5. The van der Waals surface area contributed by atoms with Crippen molar-refractivity contribution in [3.05, 3.63) is 46.6 Å². The molecule has 1 aliphatic heterocycles. The first-order valence-electron chi connectivity index (χ1n) is 11.6. The van der Waals surface area contributed by atoms with E-state index in [1.807, 2.05) is 26.8 Å². The van der Waals surface area contributed by atoms with E-state index in [0.29, 0.717) is 18.6 Å². The summed E-state index contributed by atoms with van der Waals surface area (Å²) in [6.07, 6.45) is 9.99. The van der Waals surface area contributed by atoms with Crippen LogP contribution in [0.1, 0.15) is 90.7 Å². The number of aromatic hydroxyl groups is 1. The number of phenolic OH excluding ortho intramolecular Hbond substituents is 1. The summed E-state index contributed by atoms with van der Waals surface area (Å²) < 4.78 is 6.37. The summed E-state index contributed by atoms with van der Waals surface area (Å²) in [7, 11) is 0. The molecule has 4 heteroatoms. The number of hydrogen-bond donors (Lipinski definition) is 3. The molecule has 0 saturated heterocycles. The molecule has 3 N–H and O–H groups in total. The van der Waals surface area contributed by atoms with Gasteiger partial charge >= 0.3 is 0 Å².